The Balaban J connectivity index is 4.47. The van der Waals surface area contributed by atoms with E-state index >= 15 is 0 Å². The molecule has 0 aliphatic heterocycles. The van der Waals surface area contributed by atoms with E-state index in [9.17, 15) is 9.59 Å². The molecule has 0 aromatic heterocycles. The van der Waals surface area contributed by atoms with Crippen LogP contribution in [0.25, 0.3) is 0 Å². The van der Waals surface area contributed by atoms with Crippen LogP contribution in [-0.2, 0) is 9.59 Å². The molecule has 0 aliphatic carbocycles. The van der Waals surface area contributed by atoms with Crippen molar-refractivity contribution in [3.05, 3.63) is 0 Å². The highest BCUT2D eigenvalue weighted by molar-refractivity contribution is 5.93. The molecule has 0 saturated carbocycles. The number of nitrogens with two attached hydrogens (primary N) is 1. The Morgan fingerprint density at radius 2 is 1.54 bits per heavy atom. The van der Waals surface area contributed by atoms with Gasteiger partial charge in [0.05, 0.1) is 11.1 Å². The summed E-state index contributed by atoms with van der Waals surface area (Å²) in [5.41, 5.74) is 3.77. The second-order valence-corrected chi connectivity index (χ2v) is 4.36. The van der Waals surface area contributed by atoms with Crippen LogP contribution in [0.1, 0.15) is 34.6 Å². The third-order valence-electron chi connectivity index (χ3n) is 1.89. The van der Waals surface area contributed by atoms with E-state index in [4.69, 9.17) is 5.73 Å². The number of nitrogens with one attached hydrogen (secondary N) is 1. The Morgan fingerprint density at radius 3 is 1.77 bits per heavy atom. The minimum absolute atomic E-state index is 0.0925. The summed E-state index contributed by atoms with van der Waals surface area (Å²) >= 11 is 0. The number of hydrogen-bond acceptors (Lipinski definition) is 3. The maximum atomic E-state index is 11.4. The van der Waals surface area contributed by atoms with Gasteiger partial charge in [0.2, 0.25) is 5.91 Å². The minimum Gasteiger partial charge on any atom is -0.343 e. The largest absolute Gasteiger partial charge is 0.343 e. The minimum atomic E-state index is -0.952. The van der Waals surface area contributed by atoms with Crippen LogP contribution in [0.5, 0.6) is 0 Å². The number of amides is 1. The molecule has 0 aromatic carbocycles. The van der Waals surface area contributed by atoms with Crippen LogP contribution in [-0.4, -0.2) is 22.8 Å². The zero-order chi connectivity index (χ0) is 10.9. The van der Waals surface area contributed by atoms with E-state index in [0.717, 1.165) is 0 Å². The van der Waals surface area contributed by atoms with Crippen molar-refractivity contribution >= 4 is 11.7 Å². The molecule has 0 atom stereocenters. The van der Waals surface area contributed by atoms with Crippen molar-refractivity contribution in [3.63, 3.8) is 0 Å². The molecule has 1 amide bonds. The van der Waals surface area contributed by atoms with Gasteiger partial charge < -0.3 is 11.1 Å². The second-order valence-electron chi connectivity index (χ2n) is 4.36. The molecule has 0 unspecified atom stereocenters. The van der Waals surface area contributed by atoms with Crippen molar-refractivity contribution in [2.24, 2.45) is 5.73 Å². The van der Waals surface area contributed by atoms with Gasteiger partial charge in [-0.1, -0.05) is 0 Å². The summed E-state index contributed by atoms with van der Waals surface area (Å²) in [6.45, 7) is 7.93. The highest BCUT2D eigenvalue weighted by Crippen LogP contribution is 2.06. The van der Waals surface area contributed by atoms with Crippen LogP contribution < -0.4 is 11.1 Å². The van der Waals surface area contributed by atoms with Crippen LogP contribution in [0.4, 0.5) is 0 Å². The van der Waals surface area contributed by atoms with Crippen molar-refractivity contribution in [3.8, 4) is 0 Å². The van der Waals surface area contributed by atoms with Crippen molar-refractivity contribution in [1.82, 2.24) is 5.32 Å². The number of carbonyl (C=O) groups is 2. The number of Topliss-reactive ketones (excluding diaryl/α,β-unsaturated/α-hetero) is 1. The predicted octanol–water partition coefficient (Wildman–Crippen LogP) is 0.208. The molecule has 0 spiro atoms. The number of hydrogen-bond donors (Lipinski definition) is 2. The second kappa shape index (κ2) is 3.46. The van der Waals surface area contributed by atoms with E-state index in [-0.39, 0.29) is 11.7 Å². The van der Waals surface area contributed by atoms with Crippen molar-refractivity contribution in [2.45, 2.75) is 45.7 Å². The Morgan fingerprint density at radius 1 is 1.15 bits per heavy atom. The highest BCUT2D eigenvalue weighted by atomic mass is 16.2. The molecule has 76 valence electrons. The van der Waals surface area contributed by atoms with Gasteiger partial charge in [0, 0.05) is 0 Å². The zero-order valence-corrected chi connectivity index (χ0v) is 8.89. The van der Waals surface area contributed by atoms with Crippen LogP contribution >= 0.6 is 0 Å². The molecule has 0 radical (unpaired) electrons. The fourth-order valence-corrected chi connectivity index (χ4v) is 0.533. The van der Waals surface area contributed by atoms with Crippen LogP contribution in [0, 0.1) is 0 Å². The number of ketones is 1. The van der Waals surface area contributed by atoms with Gasteiger partial charge in [-0.3, -0.25) is 9.59 Å². The fourth-order valence-electron chi connectivity index (χ4n) is 0.533. The third-order valence-corrected chi connectivity index (χ3v) is 1.89. The Bertz CT molecular complexity index is 226. The molecule has 0 bridgehead atoms. The van der Waals surface area contributed by atoms with Crippen molar-refractivity contribution < 1.29 is 9.59 Å². The van der Waals surface area contributed by atoms with Gasteiger partial charge in [-0.05, 0) is 34.6 Å². The topological polar surface area (TPSA) is 72.2 Å². The van der Waals surface area contributed by atoms with E-state index in [1.807, 2.05) is 0 Å². The Labute approximate surface area is 78.9 Å². The molecular weight excluding hydrogens is 168 g/mol. The van der Waals surface area contributed by atoms with E-state index in [1.54, 1.807) is 27.7 Å². The van der Waals surface area contributed by atoms with Crippen LogP contribution in [0.2, 0.25) is 0 Å². The van der Waals surface area contributed by atoms with Gasteiger partial charge in [-0.15, -0.1) is 0 Å². The monoisotopic (exact) mass is 186 g/mol. The molecule has 3 N–H and O–H groups in total. The molecule has 13 heavy (non-hydrogen) atoms. The summed E-state index contributed by atoms with van der Waals surface area (Å²) in [4.78, 5) is 22.5. The molecule has 0 fully saturated rings. The molecule has 4 nitrogen and oxygen atoms in total. The van der Waals surface area contributed by atoms with Gasteiger partial charge >= 0.3 is 0 Å². The average Bonchev–Trinajstić information content (AvgIpc) is 1.83. The normalized spacial score (nSPS) is 12.5. The SMILES string of the molecule is CC(=O)C(C)(C)NC(=O)C(C)(C)N. The van der Waals surface area contributed by atoms with Crippen LogP contribution in [0.3, 0.4) is 0 Å². The van der Waals surface area contributed by atoms with E-state index in [2.05, 4.69) is 5.32 Å². The predicted molar refractivity (Wildman–Crippen MR) is 51.2 cm³/mol. The van der Waals surface area contributed by atoms with Gasteiger partial charge in [-0.2, -0.15) is 0 Å². The average molecular weight is 186 g/mol. The van der Waals surface area contributed by atoms with Crippen molar-refractivity contribution in [1.29, 1.82) is 0 Å². The summed E-state index contributed by atoms with van der Waals surface area (Å²) < 4.78 is 0. The summed E-state index contributed by atoms with van der Waals surface area (Å²) in [5.74, 6) is -0.419. The lowest BCUT2D eigenvalue weighted by Gasteiger charge is -2.27. The van der Waals surface area contributed by atoms with Gasteiger partial charge in [0.1, 0.15) is 0 Å². The van der Waals surface area contributed by atoms with E-state index < -0.39 is 11.1 Å². The lowest BCUT2D eigenvalue weighted by Crippen LogP contribution is -2.58. The standard InChI is InChI=1S/C9H18N2O2/c1-6(12)9(4,5)11-7(13)8(2,3)10/h10H2,1-5H3,(H,11,13). The summed E-state index contributed by atoms with van der Waals surface area (Å²) in [7, 11) is 0. The molecular formula is C9H18N2O2. The number of carbonyl (C=O) groups excluding carboxylic acids is 2. The maximum absolute atomic E-state index is 11.4. The first-order valence-corrected chi connectivity index (χ1v) is 4.20. The lowest BCUT2D eigenvalue weighted by atomic mass is 9.97. The highest BCUT2D eigenvalue weighted by Gasteiger charge is 2.31. The molecule has 0 heterocycles. The molecule has 4 heteroatoms. The molecule has 0 aliphatic rings. The van der Waals surface area contributed by atoms with E-state index in [0.29, 0.717) is 0 Å². The smallest absolute Gasteiger partial charge is 0.240 e. The van der Waals surface area contributed by atoms with E-state index in [1.165, 1.54) is 6.92 Å². The Kier molecular flexibility index (Phi) is 3.22. The fraction of sp³-hybridized carbons (Fsp3) is 0.778. The first-order chi connectivity index (χ1) is 5.57. The summed E-state index contributed by atoms with van der Waals surface area (Å²) in [6.07, 6.45) is 0. The summed E-state index contributed by atoms with van der Waals surface area (Å²) in [5, 5.41) is 2.58. The maximum Gasteiger partial charge on any atom is 0.240 e. The summed E-state index contributed by atoms with van der Waals surface area (Å²) in [6, 6.07) is 0. The van der Waals surface area contributed by atoms with Gasteiger partial charge in [0.15, 0.2) is 5.78 Å². The zero-order valence-electron chi connectivity index (χ0n) is 8.89. The van der Waals surface area contributed by atoms with Crippen LogP contribution in [0.15, 0.2) is 0 Å². The number of rotatable bonds is 3. The van der Waals surface area contributed by atoms with Gasteiger partial charge in [-0.25, -0.2) is 0 Å². The molecule has 0 rings (SSSR count). The first-order valence-electron chi connectivity index (χ1n) is 4.20. The molecule has 0 saturated heterocycles. The quantitative estimate of drug-likeness (QED) is 0.661. The molecule has 0 aromatic rings. The Hall–Kier alpha value is -0.900. The third kappa shape index (κ3) is 3.55. The lowest BCUT2D eigenvalue weighted by molar-refractivity contribution is -0.132. The van der Waals surface area contributed by atoms with Gasteiger partial charge in [0.25, 0.3) is 0 Å². The van der Waals surface area contributed by atoms with Crippen molar-refractivity contribution in [2.75, 3.05) is 0 Å². The first kappa shape index (κ1) is 12.1.